The van der Waals surface area contributed by atoms with Gasteiger partial charge in [-0.3, -0.25) is 9.79 Å². The Morgan fingerprint density at radius 1 is 1.29 bits per heavy atom. The Balaban J connectivity index is 1.82. The minimum absolute atomic E-state index is 0.0370. The first-order valence-corrected chi connectivity index (χ1v) is 10.0. The first-order chi connectivity index (χ1) is 13.7. The lowest BCUT2D eigenvalue weighted by Crippen LogP contribution is -2.26. The number of amides is 1. The second-order valence-electron chi connectivity index (χ2n) is 7.37. The second kappa shape index (κ2) is 10.00. The van der Waals surface area contributed by atoms with Gasteiger partial charge in [0.15, 0.2) is 0 Å². The van der Waals surface area contributed by atoms with Crippen LogP contribution in [0.3, 0.4) is 0 Å². The molecule has 0 saturated carbocycles. The van der Waals surface area contributed by atoms with E-state index in [4.69, 9.17) is 5.73 Å². The van der Waals surface area contributed by atoms with Gasteiger partial charge in [-0.15, -0.1) is 0 Å². The van der Waals surface area contributed by atoms with E-state index >= 15 is 0 Å². The van der Waals surface area contributed by atoms with E-state index in [1.165, 1.54) is 34.5 Å². The van der Waals surface area contributed by atoms with Crippen molar-refractivity contribution >= 4 is 22.9 Å². The van der Waals surface area contributed by atoms with Crippen molar-refractivity contribution in [3.05, 3.63) is 72.1 Å². The quantitative estimate of drug-likeness (QED) is 0.723. The molecule has 2 aromatic carbocycles. The fourth-order valence-corrected chi connectivity index (χ4v) is 3.70. The van der Waals surface area contributed by atoms with Gasteiger partial charge in [0.2, 0.25) is 5.91 Å². The summed E-state index contributed by atoms with van der Waals surface area (Å²) in [4.78, 5) is 16.5. The number of carbonyl (C=O) groups excluding carboxylic acids is 1. The summed E-state index contributed by atoms with van der Waals surface area (Å²) in [5, 5.41) is 5.12. The van der Waals surface area contributed by atoms with Gasteiger partial charge in [0.1, 0.15) is 0 Å². The normalized spacial score (nSPS) is 15.0. The molecule has 2 aromatic rings. The molecule has 3 rings (SSSR count). The van der Waals surface area contributed by atoms with Gasteiger partial charge in [-0.2, -0.15) is 0 Å². The van der Waals surface area contributed by atoms with E-state index in [0.717, 1.165) is 31.4 Å². The van der Waals surface area contributed by atoms with Gasteiger partial charge >= 0.3 is 0 Å². The monoisotopic (exact) mass is 375 g/mol. The van der Waals surface area contributed by atoms with Gasteiger partial charge in [-0.25, -0.2) is 0 Å². The lowest BCUT2D eigenvalue weighted by Gasteiger charge is -2.15. The highest BCUT2D eigenvalue weighted by Gasteiger charge is 2.13. The van der Waals surface area contributed by atoms with E-state index < -0.39 is 0 Å². The highest BCUT2D eigenvalue weighted by molar-refractivity contribution is 5.86. The number of benzene rings is 2. The van der Waals surface area contributed by atoms with E-state index in [1.54, 1.807) is 0 Å². The van der Waals surface area contributed by atoms with Crippen molar-refractivity contribution in [2.45, 2.75) is 38.5 Å². The lowest BCUT2D eigenvalue weighted by atomic mass is 9.92. The number of aliphatic imine (C=N–C) groups is 1. The lowest BCUT2D eigenvalue weighted by molar-refractivity contribution is -0.121. The fourth-order valence-electron chi connectivity index (χ4n) is 3.70. The number of nitrogens with two attached hydrogens (primary N) is 1. The molecule has 1 heterocycles. The standard InChI is InChI=1S/C24H29N3O/c1-2-26-24(28)15-19(17-25)13-18-10-11-20-7-6-8-21(23(20)14-18)16-22-9-4-3-5-12-27-22/h2,6-12,14,19H,1,3-5,13,15-17,25H2,(H,26,28)/t19-/m0/s1. The molecule has 0 aliphatic carbocycles. The molecule has 4 heteroatoms. The molecule has 4 nitrogen and oxygen atoms in total. The number of hydrogen-bond donors (Lipinski definition) is 2. The van der Waals surface area contributed by atoms with E-state index in [9.17, 15) is 4.79 Å². The molecule has 1 aliphatic heterocycles. The first kappa shape index (κ1) is 20.0. The number of nitrogens with zero attached hydrogens (tertiary/aromatic N) is 1. The van der Waals surface area contributed by atoms with Crippen LogP contribution in [0.25, 0.3) is 10.8 Å². The van der Waals surface area contributed by atoms with Gasteiger partial charge in [-0.05, 0) is 66.2 Å². The second-order valence-corrected chi connectivity index (χ2v) is 7.37. The van der Waals surface area contributed by atoms with Crippen molar-refractivity contribution in [3.63, 3.8) is 0 Å². The summed E-state index contributed by atoms with van der Waals surface area (Å²) in [5.74, 6) is 0.0730. The third-order valence-corrected chi connectivity index (χ3v) is 5.18. The molecule has 0 unspecified atom stereocenters. The molecule has 146 valence electrons. The van der Waals surface area contributed by atoms with E-state index in [2.05, 4.69) is 59.4 Å². The van der Waals surface area contributed by atoms with Crippen LogP contribution in [0.15, 0.2) is 65.9 Å². The maximum Gasteiger partial charge on any atom is 0.224 e. The topological polar surface area (TPSA) is 67.5 Å². The van der Waals surface area contributed by atoms with Crippen LogP contribution in [-0.2, 0) is 17.6 Å². The van der Waals surface area contributed by atoms with Gasteiger partial charge < -0.3 is 11.1 Å². The van der Waals surface area contributed by atoms with Crippen LogP contribution < -0.4 is 11.1 Å². The Kier molecular flexibility index (Phi) is 7.15. The van der Waals surface area contributed by atoms with Gasteiger partial charge in [0, 0.05) is 24.8 Å². The van der Waals surface area contributed by atoms with Crippen LogP contribution >= 0.6 is 0 Å². The van der Waals surface area contributed by atoms with Gasteiger partial charge in [-0.1, -0.05) is 49.1 Å². The zero-order valence-corrected chi connectivity index (χ0v) is 16.4. The third-order valence-electron chi connectivity index (χ3n) is 5.18. The third kappa shape index (κ3) is 5.40. The number of carbonyl (C=O) groups is 1. The maximum absolute atomic E-state index is 11.9. The number of fused-ring (bicyclic) bond motifs is 1. The smallest absolute Gasteiger partial charge is 0.224 e. The number of hydrogen-bond acceptors (Lipinski definition) is 3. The summed E-state index contributed by atoms with van der Waals surface area (Å²) in [5.41, 5.74) is 9.56. The molecule has 0 bridgehead atoms. The summed E-state index contributed by atoms with van der Waals surface area (Å²) >= 11 is 0. The molecule has 0 spiro atoms. The van der Waals surface area contributed by atoms with Crippen molar-refractivity contribution in [3.8, 4) is 0 Å². The molecule has 0 radical (unpaired) electrons. The molecule has 1 amide bonds. The fraction of sp³-hybridized carbons (Fsp3) is 0.333. The Hall–Kier alpha value is -2.72. The zero-order chi connectivity index (χ0) is 19.8. The average molecular weight is 376 g/mol. The Bertz CT molecular complexity index is 898. The number of rotatable bonds is 8. The molecule has 0 saturated heterocycles. The summed E-state index contributed by atoms with van der Waals surface area (Å²) in [6, 6.07) is 13.0. The Morgan fingerprint density at radius 3 is 3.00 bits per heavy atom. The van der Waals surface area contributed by atoms with Crippen molar-refractivity contribution in [1.29, 1.82) is 0 Å². The maximum atomic E-state index is 11.9. The molecular weight excluding hydrogens is 346 g/mol. The minimum atomic E-state index is -0.0370. The van der Waals surface area contributed by atoms with E-state index in [-0.39, 0.29) is 11.8 Å². The van der Waals surface area contributed by atoms with Crippen LogP contribution in [0.2, 0.25) is 0 Å². The van der Waals surface area contributed by atoms with Crippen molar-refractivity contribution in [2.24, 2.45) is 16.6 Å². The summed E-state index contributed by atoms with van der Waals surface area (Å²) < 4.78 is 0. The molecule has 1 aliphatic rings. The average Bonchev–Trinajstić information content (AvgIpc) is 2.97. The summed E-state index contributed by atoms with van der Waals surface area (Å²) in [6.45, 7) is 4.02. The predicted molar refractivity (Wildman–Crippen MR) is 117 cm³/mol. The minimum Gasteiger partial charge on any atom is -0.333 e. The van der Waals surface area contributed by atoms with Crippen molar-refractivity contribution in [1.82, 2.24) is 5.32 Å². The number of allylic oxidation sites excluding steroid dienone is 2. The van der Waals surface area contributed by atoms with Crippen LogP contribution in [0.4, 0.5) is 0 Å². The van der Waals surface area contributed by atoms with Crippen LogP contribution in [0, 0.1) is 5.92 Å². The van der Waals surface area contributed by atoms with E-state index in [1.807, 2.05) is 6.21 Å². The van der Waals surface area contributed by atoms with Gasteiger partial charge in [0.05, 0.1) is 0 Å². The molecule has 1 atom stereocenters. The van der Waals surface area contributed by atoms with Crippen molar-refractivity contribution < 1.29 is 4.79 Å². The SMILES string of the molecule is C=CNC(=O)C[C@@H](CN)Cc1ccc2cccc(CC3=CCCCC=N3)c2c1. The summed E-state index contributed by atoms with van der Waals surface area (Å²) in [6.07, 6.45) is 11.1. The number of nitrogens with one attached hydrogen (secondary N) is 1. The predicted octanol–water partition coefficient (Wildman–Crippen LogP) is 4.29. The van der Waals surface area contributed by atoms with Crippen LogP contribution in [0.1, 0.15) is 36.8 Å². The van der Waals surface area contributed by atoms with Crippen LogP contribution in [-0.4, -0.2) is 18.7 Å². The highest BCUT2D eigenvalue weighted by Crippen LogP contribution is 2.25. The zero-order valence-electron chi connectivity index (χ0n) is 16.4. The van der Waals surface area contributed by atoms with E-state index in [0.29, 0.717) is 13.0 Å². The Labute approximate surface area is 167 Å². The Morgan fingerprint density at radius 2 is 2.18 bits per heavy atom. The molecule has 0 fully saturated rings. The first-order valence-electron chi connectivity index (χ1n) is 10.0. The summed E-state index contributed by atoms with van der Waals surface area (Å²) in [7, 11) is 0. The molecule has 3 N–H and O–H groups in total. The molecule has 0 aromatic heterocycles. The largest absolute Gasteiger partial charge is 0.333 e. The van der Waals surface area contributed by atoms with Crippen molar-refractivity contribution in [2.75, 3.05) is 6.54 Å². The highest BCUT2D eigenvalue weighted by atomic mass is 16.1. The van der Waals surface area contributed by atoms with Crippen LogP contribution in [0.5, 0.6) is 0 Å². The van der Waals surface area contributed by atoms with Gasteiger partial charge in [0.25, 0.3) is 0 Å². The molecular formula is C24H29N3O. The molecule has 28 heavy (non-hydrogen) atoms.